The van der Waals surface area contributed by atoms with E-state index in [1.54, 1.807) is 6.92 Å². The van der Waals surface area contributed by atoms with E-state index in [1.165, 1.54) is 4.90 Å². The van der Waals surface area contributed by atoms with Crippen molar-refractivity contribution >= 4 is 39.4 Å². The van der Waals surface area contributed by atoms with Gasteiger partial charge in [-0.15, -0.1) is 0 Å². The number of alkyl halides is 1. The molecular formula is C24H31BrN2O6. The number of ether oxygens (including phenoxy) is 2. The monoisotopic (exact) mass is 522 g/mol. The van der Waals surface area contributed by atoms with Gasteiger partial charge in [-0.2, -0.15) is 0 Å². The smallest absolute Gasteiger partial charge is 0.312 e. The highest BCUT2D eigenvalue weighted by Gasteiger charge is 2.77. The molecule has 8 nitrogen and oxygen atoms in total. The largest absolute Gasteiger partial charge is 0.466 e. The Labute approximate surface area is 202 Å². The number of fused-ring (bicyclic) bond motifs is 1. The molecule has 1 spiro atoms. The molecule has 33 heavy (non-hydrogen) atoms. The number of carbonyl (C=O) groups is 3. The van der Waals surface area contributed by atoms with E-state index in [1.807, 2.05) is 39.0 Å². The van der Waals surface area contributed by atoms with Gasteiger partial charge in [0.25, 0.3) is 0 Å². The molecule has 0 aliphatic carbocycles. The molecule has 7 atom stereocenters. The molecule has 180 valence electrons. The molecule has 3 aliphatic heterocycles. The predicted octanol–water partition coefficient (Wildman–Crippen LogP) is 2.32. The van der Waals surface area contributed by atoms with Gasteiger partial charge in [0.2, 0.25) is 11.8 Å². The number of hydrogen-bond donors (Lipinski definition) is 2. The van der Waals surface area contributed by atoms with Crippen LogP contribution in [0.15, 0.2) is 18.2 Å². The van der Waals surface area contributed by atoms with Crippen molar-refractivity contribution in [1.29, 1.82) is 0 Å². The molecule has 3 saturated heterocycles. The van der Waals surface area contributed by atoms with Crippen LogP contribution in [0.5, 0.6) is 0 Å². The van der Waals surface area contributed by atoms with Gasteiger partial charge in [0.1, 0.15) is 11.6 Å². The Morgan fingerprint density at radius 1 is 1.36 bits per heavy atom. The van der Waals surface area contributed by atoms with Crippen LogP contribution in [0, 0.1) is 25.7 Å². The van der Waals surface area contributed by atoms with Crippen molar-refractivity contribution < 1.29 is 29.0 Å². The van der Waals surface area contributed by atoms with Crippen LogP contribution < -0.4 is 5.32 Å². The number of aryl methyl sites for hydroxylation is 2. The van der Waals surface area contributed by atoms with E-state index in [-0.39, 0.29) is 29.9 Å². The average molecular weight is 523 g/mol. The molecule has 1 aromatic carbocycles. The number of halogens is 1. The molecule has 0 radical (unpaired) electrons. The lowest BCUT2D eigenvalue weighted by Crippen LogP contribution is -2.56. The Bertz CT molecular complexity index is 966. The molecule has 1 aromatic rings. The van der Waals surface area contributed by atoms with E-state index in [0.29, 0.717) is 18.5 Å². The van der Waals surface area contributed by atoms with Gasteiger partial charge in [-0.25, -0.2) is 0 Å². The van der Waals surface area contributed by atoms with Crippen LogP contribution in [0.4, 0.5) is 5.69 Å². The lowest BCUT2D eigenvalue weighted by atomic mass is 9.70. The number of likely N-dealkylation sites (tertiary alicyclic amines) is 1. The molecule has 2 bridgehead atoms. The molecule has 0 saturated carbocycles. The molecule has 3 fully saturated rings. The number of nitrogens with zero attached hydrogens (tertiary/aromatic N) is 1. The maximum absolute atomic E-state index is 13.8. The third kappa shape index (κ3) is 3.68. The zero-order valence-electron chi connectivity index (χ0n) is 19.3. The lowest BCUT2D eigenvalue weighted by molar-refractivity contribution is -0.155. The van der Waals surface area contributed by atoms with Crippen molar-refractivity contribution in [2.24, 2.45) is 11.8 Å². The number of hydrogen-bond acceptors (Lipinski definition) is 6. The SMILES string of the molecule is CCOC(=O)[C@H]1[C@H]2C(=O)N([C@@H](CC)CO)C(C(=O)Nc3cc(C)ccc3C)C23CC(Br)[C@@H]1O3. The Balaban J connectivity index is 1.78. The highest BCUT2D eigenvalue weighted by Crippen LogP contribution is 2.60. The maximum atomic E-state index is 13.8. The number of carbonyl (C=O) groups excluding carboxylic acids is 3. The summed E-state index contributed by atoms with van der Waals surface area (Å²) >= 11 is 3.62. The highest BCUT2D eigenvalue weighted by atomic mass is 79.9. The summed E-state index contributed by atoms with van der Waals surface area (Å²) in [4.78, 5) is 41.7. The number of amides is 2. The molecule has 3 heterocycles. The number of nitrogens with one attached hydrogen (secondary N) is 1. The van der Waals surface area contributed by atoms with Crippen molar-refractivity contribution in [3.63, 3.8) is 0 Å². The Kier molecular flexibility index (Phi) is 6.59. The van der Waals surface area contributed by atoms with Crippen LogP contribution in [-0.4, -0.2) is 69.6 Å². The van der Waals surface area contributed by atoms with Gasteiger partial charge in [-0.3, -0.25) is 14.4 Å². The van der Waals surface area contributed by atoms with Crippen molar-refractivity contribution in [2.45, 2.75) is 69.2 Å². The molecule has 2 amide bonds. The van der Waals surface area contributed by atoms with Crippen LogP contribution in [0.25, 0.3) is 0 Å². The summed E-state index contributed by atoms with van der Waals surface area (Å²) in [5, 5.41) is 13.0. The lowest BCUT2D eigenvalue weighted by Gasteiger charge is -2.36. The molecular weight excluding hydrogens is 492 g/mol. The number of rotatable bonds is 7. The minimum absolute atomic E-state index is 0.192. The number of aliphatic hydroxyl groups is 1. The third-order valence-corrected chi connectivity index (χ3v) is 8.11. The van der Waals surface area contributed by atoms with Crippen molar-refractivity contribution in [3.05, 3.63) is 29.3 Å². The molecule has 4 rings (SSSR count). The fourth-order valence-electron chi connectivity index (χ4n) is 5.75. The minimum Gasteiger partial charge on any atom is -0.466 e. The fraction of sp³-hybridized carbons (Fsp3) is 0.625. The van der Waals surface area contributed by atoms with Gasteiger partial charge in [0, 0.05) is 10.5 Å². The van der Waals surface area contributed by atoms with Crippen molar-refractivity contribution in [3.8, 4) is 0 Å². The molecule has 3 aliphatic rings. The van der Waals surface area contributed by atoms with Gasteiger partial charge in [-0.1, -0.05) is 35.0 Å². The second-order valence-corrected chi connectivity index (χ2v) is 10.4. The van der Waals surface area contributed by atoms with Gasteiger partial charge in [-0.05, 0) is 50.8 Å². The second kappa shape index (κ2) is 9.00. The molecule has 0 aromatic heterocycles. The van der Waals surface area contributed by atoms with Crippen molar-refractivity contribution in [1.82, 2.24) is 4.90 Å². The number of benzene rings is 1. The van der Waals surface area contributed by atoms with Gasteiger partial charge in [0.15, 0.2) is 0 Å². The van der Waals surface area contributed by atoms with Crippen LogP contribution >= 0.6 is 15.9 Å². The minimum atomic E-state index is -1.17. The standard InChI is InChI=1S/C24H31BrN2O6/c1-5-14(11-28)27-20(21(29)26-16-9-12(3)7-8-13(16)4)24-10-15(25)19(33-24)17(18(24)22(27)30)23(31)32-6-2/h7-9,14-15,17-20,28H,5-6,10-11H2,1-4H3,(H,26,29)/t14-,15?,17-,18-,19-,20?,24?/m0/s1. The average Bonchev–Trinajstić information content (AvgIpc) is 3.36. The summed E-state index contributed by atoms with van der Waals surface area (Å²) < 4.78 is 11.7. The van der Waals surface area contributed by atoms with E-state index >= 15 is 0 Å². The summed E-state index contributed by atoms with van der Waals surface area (Å²) in [5.41, 5.74) is 1.38. The maximum Gasteiger partial charge on any atom is 0.312 e. The van der Waals surface area contributed by atoms with Crippen molar-refractivity contribution in [2.75, 3.05) is 18.5 Å². The Morgan fingerprint density at radius 3 is 2.73 bits per heavy atom. The van der Waals surface area contributed by atoms with Crippen LogP contribution in [-0.2, 0) is 23.9 Å². The topological polar surface area (TPSA) is 105 Å². The number of anilines is 1. The predicted molar refractivity (Wildman–Crippen MR) is 125 cm³/mol. The van der Waals surface area contributed by atoms with E-state index in [0.717, 1.165) is 11.1 Å². The molecule has 3 unspecified atom stereocenters. The zero-order valence-corrected chi connectivity index (χ0v) is 20.9. The zero-order chi connectivity index (χ0) is 24.1. The van der Waals surface area contributed by atoms with E-state index in [2.05, 4.69) is 21.2 Å². The summed E-state index contributed by atoms with van der Waals surface area (Å²) in [6.07, 6.45) is 0.321. The Hall–Kier alpha value is -1.97. The first-order chi connectivity index (χ1) is 15.7. The number of aliphatic hydroxyl groups excluding tert-OH is 1. The van der Waals surface area contributed by atoms with Gasteiger partial charge < -0.3 is 24.8 Å². The second-order valence-electron chi connectivity index (χ2n) is 9.21. The van der Waals surface area contributed by atoms with Crippen LogP contribution in [0.2, 0.25) is 0 Å². The summed E-state index contributed by atoms with van der Waals surface area (Å²) in [5.74, 6) is -2.83. The quantitative estimate of drug-likeness (QED) is 0.420. The molecule has 9 heteroatoms. The van der Waals surface area contributed by atoms with Gasteiger partial charge in [0.05, 0.1) is 37.2 Å². The third-order valence-electron chi connectivity index (χ3n) is 7.26. The normalized spacial score (nSPS) is 33.2. The van der Waals surface area contributed by atoms with E-state index in [4.69, 9.17) is 9.47 Å². The Morgan fingerprint density at radius 2 is 2.09 bits per heavy atom. The van der Waals surface area contributed by atoms with Crippen LogP contribution in [0.3, 0.4) is 0 Å². The summed E-state index contributed by atoms with van der Waals surface area (Å²) in [6, 6.07) is 4.23. The first-order valence-electron chi connectivity index (χ1n) is 11.5. The highest BCUT2D eigenvalue weighted by molar-refractivity contribution is 9.09. The summed E-state index contributed by atoms with van der Waals surface area (Å²) in [7, 11) is 0. The fourth-order valence-corrected chi connectivity index (χ4v) is 6.70. The van der Waals surface area contributed by atoms with E-state index < -0.39 is 41.6 Å². The van der Waals surface area contributed by atoms with Gasteiger partial charge >= 0.3 is 5.97 Å². The summed E-state index contributed by atoms with van der Waals surface area (Å²) in [6.45, 7) is 7.32. The first-order valence-corrected chi connectivity index (χ1v) is 12.4. The van der Waals surface area contributed by atoms with Crippen LogP contribution in [0.1, 0.15) is 37.8 Å². The van der Waals surface area contributed by atoms with E-state index in [9.17, 15) is 19.5 Å². The number of esters is 1. The molecule has 2 N–H and O–H groups in total. The first kappa shape index (κ1) is 24.2.